The van der Waals surface area contributed by atoms with E-state index in [9.17, 15) is 4.79 Å². The molecule has 4 heteroatoms. The van der Waals surface area contributed by atoms with Crippen LogP contribution in [0.25, 0.3) is 38.4 Å². The average molecular weight is 371 g/mol. The van der Waals surface area contributed by atoms with E-state index in [0.29, 0.717) is 5.75 Å². The lowest BCUT2D eigenvalue weighted by atomic mass is 9.96. The van der Waals surface area contributed by atoms with E-state index in [-0.39, 0.29) is 5.91 Å². The molecular weight excluding hydrogens is 350 g/mol. The quantitative estimate of drug-likeness (QED) is 0.488. The van der Waals surface area contributed by atoms with Gasteiger partial charge in [-0.25, -0.2) is 0 Å². The van der Waals surface area contributed by atoms with Gasteiger partial charge in [0, 0.05) is 35.7 Å². The van der Waals surface area contributed by atoms with Crippen molar-refractivity contribution in [3.05, 3.63) is 72.5 Å². The van der Waals surface area contributed by atoms with E-state index < -0.39 is 0 Å². The fourth-order valence-electron chi connectivity index (χ4n) is 3.55. The Morgan fingerprint density at radius 2 is 1.82 bits per heavy atom. The number of fused-ring (bicyclic) bond motifs is 2. The normalized spacial score (nSPS) is 11.8. The third-order valence-corrected chi connectivity index (χ3v) is 4.99. The van der Waals surface area contributed by atoms with Gasteiger partial charge in [-0.15, -0.1) is 0 Å². The van der Waals surface area contributed by atoms with Gasteiger partial charge in [0.15, 0.2) is 0 Å². The zero-order chi connectivity index (χ0) is 19.7. The Hall–Kier alpha value is -3.53. The van der Waals surface area contributed by atoms with Crippen LogP contribution >= 0.6 is 0 Å². The first-order valence-corrected chi connectivity index (χ1v) is 9.10. The smallest absolute Gasteiger partial charge is 0.244 e. The monoisotopic (exact) mass is 371 g/mol. The van der Waals surface area contributed by atoms with Crippen molar-refractivity contribution in [2.45, 2.75) is 6.92 Å². The van der Waals surface area contributed by atoms with Crippen LogP contribution in [0, 0.1) is 0 Å². The number of ether oxygens (including phenoxy) is 1. The molecule has 1 aromatic heterocycles. The minimum absolute atomic E-state index is 0.152. The SMILES string of the molecule is CNC(=O)/C=C(\C)c1cc2c(-c3cccc4ccccc34)coc2cc1OC. The first-order valence-electron chi connectivity index (χ1n) is 9.10. The van der Waals surface area contributed by atoms with Crippen molar-refractivity contribution in [2.24, 2.45) is 0 Å². The van der Waals surface area contributed by atoms with Crippen molar-refractivity contribution in [1.82, 2.24) is 5.32 Å². The summed E-state index contributed by atoms with van der Waals surface area (Å²) in [5, 5.41) is 5.95. The molecule has 0 unspecified atom stereocenters. The molecule has 0 fully saturated rings. The predicted octanol–water partition coefficient (Wildman–Crippen LogP) is 5.41. The largest absolute Gasteiger partial charge is 0.496 e. The molecule has 0 radical (unpaired) electrons. The minimum Gasteiger partial charge on any atom is -0.496 e. The third-order valence-electron chi connectivity index (χ3n) is 4.99. The number of benzene rings is 3. The van der Waals surface area contributed by atoms with Gasteiger partial charge >= 0.3 is 0 Å². The van der Waals surface area contributed by atoms with Crippen LogP contribution in [0.1, 0.15) is 12.5 Å². The zero-order valence-electron chi connectivity index (χ0n) is 16.1. The molecule has 3 aromatic carbocycles. The molecule has 0 spiro atoms. The minimum atomic E-state index is -0.152. The maximum atomic E-state index is 11.8. The summed E-state index contributed by atoms with van der Waals surface area (Å²) in [6.07, 6.45) is 3.36. The number of nitrogens with one attached hydrogen (secondary N) is 1. The summed E-state index contributed by atoms with van der Waals surface area (Å²) in [5.74, 6) is 0.519. The number of carbonyl (C=O) groups excluding carboxylic acids is 1. The molecule has 4 nitrogen and oxygen atoms in total. The highest BCUT2D eigenvalue weighted by molar-refractivity contribution is 6.06. The fourth-order valence-corrected chi connectivity index (χ4v) is 3.55. The van der Waals surface area contributed by atoms with Crippen molar-refractivity contribution in [3.63, 3.8) is 0 Å². The second-order valence-corrected chi connectivity index (χ2v) is 6.67. The highest BCUT2D eigenvalue weighted by atomic mass is 16.5. The van der Waals surface area contributed by atoms with E-state index in [1.807, 2.05) is 31.2 Å². The highest BCUT2D eigenvalue weighted by Crippen LogP contribution is 2.39. The van der Waals surface area contributed by atoms with Crippen LogP contribution in [0.4, 0.5) is 0 Å². The maximum Gasteiger partial charge on any atom is 0.244 e. The molecule has 1 N–H and O–H groups in total. The van der Waals surface area contributed by atoms with Gasteiger partial charge in [0.1, 0.15) is 11.3 Å². The molecule has 0 atom stereocenters. The van der Waals surface area contributed by atoms with Gasteiger partial charge < -0.3 is 14.5 Å². The van der Waals surface area contributed by atoms with Gasteiger partial charge in [-0.3, -0.25) is 4.79 Å². The lowest BCUT2D eigenvalue weighted by Gasteiger charge is -2.10. The number of hydrogen-bond donors (Lipinski definition) is 1. The van der Waals surface area contributed by atoms with Gasteiger partial charge in [0.2, 0.25) is 5.91 Å². The summed E-state index contributed by atoms with van der Waals surface area (Å²) in [5.41, 5.74) is 4.56. The van der Waals surface area contributed by atoms with Gasteiger partial charge in [0.05, 0.1) is 13.4 Å². The molecule has 28 heavy (non-hydrogen) atoms. The lowest BCUT2D eigenvalue weighted by Crippen LogP contribution is -2.14. The van der Waals surface area contributed by atoms with Crippen LogP contribution < -0.4 is 10.1 Å². The topological polar surface area (TPSA) is 51.5 Å². The molecule has 140 valence electrons. The summed E-state index contributed by atoms with van der Waals surface area (Å²) in [6, 6.07) is 18.5. The molecule has 1 amide bonds. The summed E-state index contributed by atoms with van der Waals surface area (Å²) in [7, 11) is 3.23. The molecule has 0 saturated heterocycles. The summed E-state index contributed by atoms with van der Waals surface area (Å²) in [4.78, 5) is 11.8. The predicted molar refractivity (Wildman–Crippen MR) is 113 cm³/mol. The zero-order valence-corrected chi connectivity index (χ0v) is 16.1. The number of methoxy groups -OCH3 is 1. The van der Waals surface area contributed by atoms with Crippen molar-refractivity contribution in [1.29, 1.82) is 0 Å². The first-order chi connectivity index (χ1) is 13.6. The second-order valence-electron chi connectivity index (χ2n) is 6.67. The summed E-state index contributed by atoms with van der Waals surface area (Å²) < 4.78 is 11.4. The van der Waals surface area contributed by atoms with E-state index in [1.165, 1.54) is 10.8 Å². The maximum absolute atomic E-state index is 11.8. The standard InChI is InChI=1S/C24H21NO3/c1-15(11-24(26)25-2)19-12-20-21(14-28-23(20)13-22(19)27-3)18-10-6-8-16-7-4-5-9-17(16)18/h4-14H,1-3H3,(H,25,26)/b15-11+. The number of carbonyl (C=O) groups is 1. The number of likely N-dealkylation sites (N-methyl/N-ethyl adjacent to an activating group) is 1. The Morgan fingerprint density at radius 3 is 2.61 bits per heavy atom. The third kappa shape index (κ3) is 3.03. The molecule has 0 bridgehead atoms. The van der Waals surface area contributed by atoms with Crippen LogP contribution in [0.5, 0.6) is 5.75 Å². The molecule has 1 heterocycles. The number of allylic oxidation sites excluding steroid dienone is 1. The van der Waals surface area contributed by atoms with Crippen LogP contribution in [0.3, 0.4) is 0 Å². The van der Waals surface area contributed by atoms with E-state index in [4.69, 9.17) is 9.15 Å². The lowest BCUT2D eigenvalue weighted by molar-refractivity contribution is -0.116. The van der Waals surface area contributed by atoms with Crippen molar-refractivity contribution >= 4 is 33.2 Å². The Labute approximate surface area is 163 Å². The van der Waals surface area contributed by atoms with Gasteiger partial charge in [-0.05, 0) is 34.9 Å². The fraction of sp³-hybridized carbons (Fsp3) is 0.125. The Balaban J connectivity index is 1.96. The van der Waals surface area contributed by atoms with Crippen LogP contribution in [0.15, 0.2) is 71.4 Å². The van der Waals surface area contributed by atoms with E-state index in [1.54, 1.807) is 26.5 Å². The van der Waals surface area contributed by atoms with E-state index in [0.717, 1.165) is 33.2 Å². The molecule has 0 aliphatic carbocycles. The second kappa shape index (κ2) is 7.24. The Morgan fingerprint density at radius 1 is 1.04 bits per heavy atom. The molecule has 0 saturated carbocycles. The van der Waals surface area contributed by atoms with Crippen molar-refractivity contribution < 1.29 is 13.9 Å². The molecular formula is C24H21NO3. The Kier molecular flexibility index (Phi) is 4.62. The molecule has 0 aliphatic heterocycles. The number of hydrogen-bond acceptors (Lipinski definition) is 3. The Bertz CT molecular complexity index is 1210. The van der Waals surface area contributed by atoms with Crippen LogP contribution in [-0.2, 0) is 4.79 Å². The summed E-state index contributed by atoms with van der Waals surface area (Å²) >= 11 is 0. The molecule has 0 aliphatic rings. The van der Waals surface area contributed by atoms with Crippen LogP contribution in [-0.4, -0.2) is 20.1 Å². The van der Waals surface area contributed by atoms with Crippen LogP contribution in [0.2, 0.25) is 0 Å². The molecule has 4 aromatic rings. The van der Waals surface area contributed by atoms with Crippen molar-refractivity contribution in [2.75, 3.05) is 14.2 Å². The first kappa shape index (κ1) is 17.9. The average Bonchev–Trinajstić information content (AvgIpc) is 3.14. The summed E-state index contributed by atoms with van der Waals surface area (Å²) in [6.45, 7) is 1.90. The molecule has 4 rings (SSSR count). The van der Waals surface area contributed by atoms with Gasteiger partial charge in [0.25, 0.3) is 0 Å². The van der Waals surface area contributed by atoms with Gasteiger partial charge in [-0.1, -0.05) is 42.5 Å². The van der Waals surface area contributed by atoms with E-state index in [2.05, 4.69) is 35.6 Å². The van der Waals surface area contributed by atoms with Gasteiger partial charge in [-0.2, -0.15) is 0 Å². The number of rotatable bonds is 4. The highest BCUT2D eigenvalue weighted by Gasteiger charge is 2.16. The van der Waals surface area contributed by atoms with E-state index >= 15 is 0 Å². The number of amides is 1. The van der Waals surface area contributed by atoms with Crippen molar-refractivity contribution in [3.8, 4) is 16.9 Å². The number of furan rings is 1.